The minimum atomic E-state index is 0. The molecular formula is C17H25ClIN5. The normalized spacial score (nSPS) is 12.4. The third kappa shape index (κ3) is 6.32. The van der Waals surface area contributed by atoms with Gasteiger partial charge in [-0.25, -0.2) is 0 Å². The zero-order chi connectivity index (χ0) is 16.7. The molecule has 1 heterocycles. The highest BCUT2D eigenvalue weighted by Gasteiger charge is 2.10. The predicted octanol–water partition coefficient (Wildman–Crippen LogP) is 3.78. The lowest BCUT2D eigenvalue weighted by Gasteiger charge is -2.19. The van der Waals surface area contributed by atoms with Gasteiger partial charge in [0.15, 0.2) is 5.96 Å². The summed E-state index contributed by atoms with van der Waals surface area (Å²) in [5, 5.41) is 11.7. The van der Waals surface area contributed by atoms with Gasteiger partial charge in [0, 0.05) is 17.8 Å². The van der Waals surface area contributed by atoms with Crippen molar-refractivity contribution in [2.24, 2.45) is 4.99 Å². The number of hydrogen-bond acceptors (Lipinski definition) is 2. The quantitative estimate of drug-likeness (QED) is 0.391. The molecule has 2 rings (SSSR count). The molecule has 0 aliphatic rings. The Hall–Kier alpha value is -1.28. The van der Waals surface area contributed by atoms with Crippen LogP contribution in [0.5, 0.6) is 0 Å². The number of benzene rings is 1. The molecule has 0 spiro atoms. The minimum absolute atomic E-state index is 0. The number of halogens is 2. The van der Waals surface area contributed by atoms with Gasteiger partial charge in [-0.3, -0.25) is 9.67 Å². The van der Waals surface area contributed by atoms with Crippen LogP contribution in [0.3, 0.4) is 0 Å². The highest BCUT2D eigenvalue weighted by Crippen LogP contribution is 2.21. The van der Waals surface area contributed by atoms with Gasteiger partial charge in [0.2, 0.25) is 0 Å². The molecule has 0 saturated carbocycles. The van der Waals surface area contributed by atoms with Crippen LogP contribution in [0.2, 0.25) is 5.02 Å². The summed E-state index contributed by atoms with van der Waals surface area (Å²) >= 11 is 6.25. The van der Waals surface area contributed by atoms with Gasteiger partial charge in [0.05, 0.1) is 25.3 Å². The van der Waals surface area contributed by atoms with Crippen LogP contribution >= 0.6 is 35.6 Å². The van der Waals surface area contributed by atoms with Crippen LogP contribution < -0.4 is 10.6 Å². The Morgan fingerprint density at radius 1 is 1.38 bits per heavy atom. The summed E-state index contributed by atoms with van der Waals surface area (Å²) in [6.07, 6.45) is 3.87. The van der Waals surface area contributed by atoms with Gasteiger partial charge in [0.1, 0.15) is 0 Å². The van der Waals surface area contributed by atoms with Gasteiger partial charge >= 0.3 is 0 Å². The smallest absolute Gasteiger partial charge is 0.191 e. The summed E-state index contributed by atoms with van der Waals surface area (Å²) in [4.78, 5) is 4.60. The van der Waals surface area contributed by atoms with Crippen LogP contribution in [-0.2, 0) is 6.54 Å². The van der Waals surface area contributed by atoms with Crippen molar-refractivity contribution in [3.05, 3.63) is 52.8 Å². The third-order valence-corrected chi connectivity index (χ3v) is 3.77. The highest BCUT2D eigenvalue weighted by molar-refractivity contribution is 14.0. The van der Waals surface area contributed by atoms with Crippen molar-refractivity contribution in [1.29, 1.82) is 0 Å². The van der Waals surface area contributed by atoms with Crippen molar-refractivity contribution in [1.82, 2.24) is 20.4 Å². The monoisotopic (exact) mass is 461 g/mol. The van der Waals surface area contributed by atoms with E-state index in [1.54, 1.807) is 0 Å². The van der Waals surface area contributed by atoms with Crippen LogP contribution in [0.1, 0.15) is 31.0 Å². The highest BCUT2D eigenvalue weighted by atomic mass is 127. The molecule has 1 unspecified atom stereocenters. The first-order chi connectivity index (χ1) is 11.1. The number of nitrogens with zero attached hydrogens (tertiary/aromatic N) is 3. The number of nitrogens with one attached hydrogen (secondary N) is 2. The van der Waals surface area contributed by atoms with Crippen molar-refractivity contribution >= 4 is 41.5 Å². The predicted molar refractivity (Wildman–Crippen MR) is 111 cm³/mol. The number of guanidine groups is 1. The molecule has 0 fully saturated rings. The second-order valence-electron chi connectivity index (χ2n) is 5.43. The Balaban J connectivity index is 0.00000288. The van der Waals surface area contributed by atoms with Crippen LogP contribution in [0, 0.1) is 6.92 Å². The molecule has 2 aromatic rings. The van der Waals surface area contributed by atoms with Gasteiger partial charge in [-0.2, -0.15) is 5.10 Å². The molecule has 1 atom stereocenters. The molecule has 1 aromatic heterocycles. The Labute approximate surface area is 165 Å². The average molecular weight is 462 g/mol. The summed E-state index contributed by atoms with van der Waals surface area (Å²) in [6.45, 7) is 8.38. The molecule has 0 aliphatic carbocycles. The third-order valence-electron chi connectivity index (χ3n) is 3.43. The maximum absolute atomic E-state index is 6.25. The molecule has 7 heteroatoms. The van der Waals surface area contributed by atoms with Gasteiger partial charge in [-0.15, -0.1) is 24.0 Å². The second-order valence-corrected chi connectivity index (χ2v) is 5.84. The molecule has 0 radical (unpaired) electrons. The van der Waals surface area contributed by atoms with Crippen LogP contribution in [-0.4, -0.2) is 28.8 Å². The maximum atomic E-state index is 6.25. The van der Waals surface area contributed by atoms with Crippen LogP contribution in [0.4, 0.5) is 0 Å². The number of aromatic nitrogens is 2. The first-order valence-electron chi connectivity index (χ1n) is 7.88. The molecule has 24 heavy (non-hydrogen) atoms. The van der Waals surface area contributed by atoms with E-state index in [-0.39, 0.29) is 30.0 Å². The van der Waals surface area contributed by atoms with E-state index in [0.717, 1.165) is 35.2 Å². The number of hydrogen-bond donors (Lipinski definition) is 2. The van der Waals surface area contributed by atoms with E-state index >= 15 is 0 Å². The summed E-state index contributed by atoms with van der Waals surface area (Å²) in [6, 6.07) is 7.93. The minimum Gasteiger partial charge on any atom is -0.357 e. The van der Waals surface area contributed by atoms with E-state index in [0.29, 0.717) is 6.54 Å². The maximum Gasteiger partial charge on any atom is 0.191 e. The Kier molecular flexibility index (Phi) is 9.13. The molecule has 132 valence electrons. The standard InChI is InChI=1S/C17H24ClN5.HI/c1-4-19-17(20-9-10-23-12-13(2)11-21-23)22-14(3)15-7-5-6-8-16(15)18;/h5-8,11-12,14H,4,9-10H2,1-3H3,(H2,19,20,22);1H. The Bertz CT molecular complexity index is 656. The fourth-order valence-electron chi connectivity index (χ4n) is 2.28. The fraction of sp³-hybridized carbons (Fsp3) is 0.412. The molecular weight excluding hydrogens is 437 g/mol. The summed E-state index contributed by atoms with van der Waals surface area (Å²) < 4.78 is 1.90. The van der Waals surface area contributed by atoms with Gasteiger partial charge < -0.3 is 10.6 Å². The second kappa shape index (κ2) is 10.6. The molecule has 0 bridgehead atoms. The van der Waals surface area contributed by atoms with Crippen LogP contribution in [0.15, 0.2) is 41.7 Å². The average Bonchev–Trinajstić information content (AvgIpc) is 2.93. The van der Waals surface area contributed by atoms with Gasteiger partial charge in [-0.05, 0) is 38.0 Å². The van der Waals surface area contributed by atoms with Crippen molar-refractivity contribution in [3.8, 4) is 0 Å². The van der Waals surface area contributed by atoms with Crippen molar-refractivity contribution in [3.63, 3.8) is 0 Å². The lowest BCUT2D eigenvalue weighted by Crippen LogP contribution is -2.39. The zero-order valence-electron chi connectivity index (χ0n) is 14.3. The number of aliphatic imine (C=N–C) groups is 1. The molecule has 0 saturated heterocycles. The van der Waals surface area contributed by atoms with Gasteiger partial charge in [0.25, 0.3) is 0 Å². The molecule has 0 aliphatic heterocycles. The van der Waals surface area contributed by atoms with E-state index in [1.165, 1.54) is 0 Å². The van der Waals surface area contributed by atoms with E-state index in [1.807, 2.05) is 55.2 Å². The topological polar surface area (TPSA) is 54.2 Å². The lowest BCUT2D eigenvalue weighted by molar-refractivity contribution is 0.617. The van der Waals surface area contributed by atoms with E-state index in [2.05, 4.69) is 27.6 Å². The summed E-state index contributed by atoms with van der Waals surface area (Å²) in [5.41, 5.74) is 2.22. The van der Waals surface area contributed by atoms with Crippen molar-refractivity contribution in [2.45, 2.75) is 33.4 Å². The Morgan fingerprint density at radius 2 is 2.12 bits per heavy atom. The summed E-state index contributed by atoms with van der Waals surface area (Å²) in [5.74, 6) is 0.781. The zero-order valence-corrected chi connectivity index (χ0v) is 17.4. The summed E-state index contributed by atoms with van der Waals surface area (Å²) in [7, 11) is 0. The number of rotatable bonds is 6. The van der Waals surface area contributed by atoms with Crippen molar-refractivity contribution in [2.75, 3.05) is 13.1 Å². The van der Waals surface area contributed by atoms with Crippen molar-refractivity contribution < 1.29 is 0 Å². The largest absolute Gasteiger partial charge is 0.357 e. The molecule has 5 nitrogen and oxygen atoms in total. The first-order valence-corrected chi connectivity index (χ1v) is 8.26. The molecule has 0 amide bonds. The molecule has 1 aromatic carbocycles. The Morgan fingerprint density at radius 3 is 2.75 bits per heavy atom. The SMILES string of the molecule is CCNC(=NCCn1cc(C)cn1)NC(C)c1ccccc1Cl.I. The number of aryl methyl sites for hydroxylation is 1. The van der Waals surface area contributed by atoms with Crippen LogP contribution in [0.25, 0.3) is 0 Å². The van der Waals surface area contributed by atoms with Gasteiger partial charge in [-0.1, -0.05) is 29.8 Å². The lowest BCUT2D eigenvalue weighted by atomic mass is 10.1. The first kappa shape index (κ1) is 20.8. The molecule has 2 N–H and O–H groups in total. The van der Waals surface area contributed by atoms with E-state index in [9.17, 15) is 0 Å². The van der Waals surface area contributed by atoms with E-state index < -0.39 is 0 Å². The fourth-order valence-corrected chi connectivity index (χ4v) is 2.58. The van der Waals surface area contributed by atoms with E-state index in [4.69, 9.17) is 11.6 Å².